The summed E-state index contributed by atoms with van der Waals surface area (Å²) < 4.78 is 15.1. The van der Waals surface area contributed by atoms with Crippen LogP contribution in [-0.2, 0) is 23.1 Å². The Morgan fingerprint density at radius 1 is 1.14 bits per heavy atom. The van der Waals surface area contributed by atoms with E-state index in [1.807, 2.05) is 28.8 Å². The molecule has 6 rings (SSSR count). The fourth-order valence-electron chi connectivity index (χ4n) is 6.46. The Morgan fingerprint density at radius 3 is 2.61 bits per heavy atom. The van der Waals surface area contributed by atoms with Gasteiger partial charge < -0.3 is 29.2 Å². The van der Waals surface area contributed by atoms with Gasteiger partial charge in [-0.05, 0) is 56.5 Å². The van der Waals surface area contributed by atoms with Crippen molar-refractivity contribution in [2.24, 2.45) is 12.8 Å². The maximum absolute atomic E-state index is 13.9. The number of benzene rings is 2. The number of carbonyl (C=O) groups is 1. The molecule has 2 fully saturated rings. The Kier molecular flexibility index (Phi) is 9.86. The van der Waals surface area contributed by atoms with E-state index in [2.05, 4.69) is 23.6 Å². The number of halogens is 2. The number of fused-ring (bicyclic) bond motifs is 3. The predicted molar refractivity (Wildman–Crippen MR) is 176 cm³/mol. The van der Waals surface area contributed by atoms with E-state index < -0.39 is 5.97 Å². The summed E-state index contributed by atoms with van der Waals surface area (Å²) >= 11 is 6.57. The SMILES string of the molecule is C[C@@H]1CN(CCOC(=O)c2ccc3c(c2)c2nc(N4CCC[C@@H](N)C4)n(Cc4ccccc4Cl)c2c(=O)n3C)C[C@H](C)O1.Cl. The molecule has 44 heavy (non-hydrogen) atoms. The smallest absolute Gasteiger partial charge is 0.338 e. The minimum Gasteiger partial charge on any atom is -0.461 e. The molecular formula is C32H40Cl2N6O4. The Labute approximate surface area is 268 Å². The second-order valence-electron chi connectivity index (χ2n) is 11.9. The van der Waals surface area contributed by atoms with Crippen LogP contribution >= 0.6 is 24.0 Å². The monoisotopic (exact) mass is 642 g/mol. The molecule has 0 unspecified atom stereocenters. The fraction of sp³-hybridized carbons (Fsp3) is 0.469. The van der Waals surface area contributed by atoms with Crippen molar-refractivity contribution in [3.05, 3.63) is 69.0 Å². The molecule has 4 heterocycles. The van der Waals surface area contributed by atoms with Crippen molar-refractivity contribution >= 4 is 57.9 Å². The van der Waals surface area contributed by atoms with E-state index in [1.165, 1.54) is 0 Å². The van der Waals surface area contributed by atoms with Crippen molar-refractivity contribution in [3.63, 3.8) is 0 Å². The summed E-state index contributed by atoms with van der Waals surface area (Å²) in [5.74, 6) is 0.271. The third kappa shape index (κ3) is 6.46. The molecule has 0 radical (unpaired) electrons. The summed E-state index contributed by atoms with van der Waals surface area (Å²) in [6, 6.07) is 12.9. The van der Waals surface area contributed by atoms with Crippen molar-refractivity contribution in [3.8, 4) is 0 Å². The van der Waals surface area contributed by atoms with Crippen LogP contribution in [0.1, 0.15) is 42.6 Å². The highest BCUT2D eigenvalue weighted by molar-refractivity contribution is 6.31. The van der Waals surface area contributed by atoms with E-state index in [0.29, 0.717) is 58.1 Å². The van der Waals surface area contributed by atoms with E-state index in [9.17, 15) is 9.59 Å². The van der Waals surface area contributed by atoms with Crippen molar-refractivity contribution in [2.75, 3.05) is 44.2 Å². The number of carbonyl (C=O) groups excluding carboxylic acids is 1. The molecule has 10 nitrogen and oxygen atoms in total. The van der Waals surface area contributed by atoms with Gasteiger partial charge in [0.2, 0.25) is 5.95 Å². The van der Waals surface area contributed by atoms with Crippen molar-refractivity contribution in [1.29, 1.82) is 0 Å². The standard InChI is InChI=1S/C32H39ClN6O4.ClH/c1-20-16-37(17-21(2)43-20)13-14-42-31(41)22-10-11-27-25(15-22)28-29(30(40)36(27)3)39(18-23-7-4-5-9-26(23)33)32(35-28)38-12-6-8-24(34)19-38;/h4-5,7,9-11,15,20-21,24H,6,8,12-14,16-19,34H2,1-3H3;1H/t20-,21+,24-;/m1./s1. The maximum atomic E-state index is 13.9. The summed E-state index contributed by atoms with van der Waals surface area (Å²) in [4.78, 5) is 36.5. The van der Waals surface area contributed by atoms with Gasteiger partial charge in [-0.15, -0.1) is 12.4 Å². The number of aryl methyl sites for hydroxylation is 1. The normalized spacial score (nSPS) is 21.0. The quantitative estimate of drug-likeness (QED) is 0.299. The van der Waals surface area contributed by atoms with Crippen LogP contribution < -0.4 is 16.2 Å². The summed E-state index contributed by atoms with van der Waals surface area (Å²) in [7, 11) is 1.75. The molecule has 0 bridgehead atoms. The predicted octanol–water partition coefficient (Wildman–Crippen LogP) is 4.21. The Morgan fingerprint density at radius 2 is 1.89 bits per heavy atom. The van der Waals surface area contributed by atoms with E-state index in [-0.39, 0.29) is 42.8 Å². The van der Waals surface area contributed by atoms with Crippen LogP contribution in [0.2, 0.25) is 5.02 Å². The number of morpholine rings is 1. The van der Waals surface area contributed by atoms with Gasteiger partial charge in [0, 0.05) is 56.2 Å². The highest BCUT2D eigenvalue weighted by atomic mass is 35.5. The molecule has 0 spiro atoms. The van der Waals surface area contributed by atoms with Crippen LogP contribution in [0.25, 0.3) is 21.9 Å². The number of rotatable bonds is 7. The average Bonchev–Trinajstić information content (AvgIpc) is 3.36. The van der Waals surface area contributed by atoms with Crippen molar-refractivity contribution in [1.82, 2.24) is 19.0 Å². The van der Waals surface area contributed by atoms with Gasteiger partial charge in [-0.25, -0.2) is 9.78 Å². The number of hydrogen-bond acceptors (Lipinski definition) is 8. The number of imidazole rings is 1. The first kappa shape index (κ1) is 32.2. The highest BCUT2D eigenvalue weighted by Crippen LogP contribution is 2.31. The van der Waals surface area contributed by atoms with Gasteiger partial charge in [0.25, 0.3) is 5.56 Å². The van der Waals surface area contributed by atoms with Gasteiger partial charge in [0.1, 0.15) is 17.6 Å². The van der Waals surface area contributed by atoms with E-state index in [4.69, 9.17) is 31.8 Å². The average molecular weight is 644 g/mol. The minimum atomic E-state index is -0.406. The van der Waals surface area contributed by atoms with Crippen LogP contribution in [0.5, 0.6) is 0 Å². The Balaban J connectivity index is 0.00000384. The molecule has 0 aliphatic carbocycles. The van der Waals surface area contributed by atoms with E-state index in [0.717, 1.165) is 38.0 Å². The fourth-order valence-corrected chi connectivity index (χ4v) is 6.65. The van der Waals surface area contributed by atoms with Gasteiger partial charge in [-0.1, -0.05) is 29.8 Å². The Bertz CT molecular complexity index is 1710. The lowest BCUT2D eigenvalue weighted by molar-refractivity contribution is -0.0712. The van der Waals surface area contributed by atoms with Crippen molar-refractivity contribution < 1.29 is 14.3 Å². The molecule has 12 heteroatoms. The molecule has 2 saturated heterocycles. The lowest BCUT2D eigenvalue weighted by atomic mass is 10.1. The molecule has 4 aromatic rings. The number of nitrogens with two attached hydrogens (primary N) is 1. The number of ether oxygens (including phenoxy) is 2. The number of anilines is 1. The van der Waals surface area contributed by atoms with Crippen LogP contribution in [-0.4, -0.2) is 82.6 Å². The first-order valence-corrected chi connectivity index (χ1v) is 15.4. The lowest BCUT2D eigenvalue weighted by Crippen LogP contribution is -2.46. The van der Waals surface area contributed by atoms with Gasteiger partial charge in [0.15, 0.2) is 0 Å². The number of nitrogens with zero attached hydrogens (tertiary/aromatic N) is 5. The number of hydrogen-bond donors (Lipinski definition) is 1. The molecule has 0 amide bonds. The number of esters is 1. The molecular weight excluding hydrogens is 603 g/mol. The zero-order chi connectivity index (χ0) is 30.2. The van der Waals surface area contributed by atoms with Gasteiger partial charge >= 0.3 is 5.97 Å². The largest absolute Gasteiger partial charge is 0.461 e. The molecule has 2 aromatic heterocycles. The highest BCUT2D eigenvalue weighted by Gasteiger charge is 2.27. The molecule has 0 saturated carbocycles. The van der Waals surface area contributed by atoms with Crippen LogP contribution in [0.3, 0.4) is 0 Å². The number of piperidine rings is 1. The topological polar surface area (TPSA) is 108 Å². The molecule has 236 valence electrons. The summed E-state index contributed by atoms with van der Waals surface area (Å²) in [5, 5.41) is 1.33. The van der Waals surface area contributed by atoms with Gasteiger partial charge in [-0.3, -0.25) is 9.69 Å². The summed E-state index contributed by atoms with van der Waals surface area (Å²) in [6.45, 7) is 8.46. The zero-order valence-corrected chi connectivity index (χ0v) is 26.9. The third-order valence-electron chi connectivity index (χ3n) is 8.47. The molecule has 2 N–H and O–H groups in total. The first-order chi connectivity index (χ1) is 20.7. The number of pyridine rings is 1. The van der Waals surface area contributed by atoms with Crippen LogP contribution in [0, 0.1) is 0 Å². The van der Waals surface area contributed by atoms with Crippen molar-refractivity contribution in [2.45, 2.75) is 51.5 Å². The van der Waals surface area contributed by atoms with Crippen LogP contribution in [0.4, 0.5) is 5.95 Å². The maximum Gasteiger partial charge on any atom is 0.338 e. The van der Waals surface area contributed by atoms with Crippen LogP contribution in [0.15, 0.2) is 47.3 Å². The molecule has 2 aromatic carbocycles. The molecule has 2 aliphatic rings. The second kappa shape index (κ2) is 13.5. The van der Waals surface area contributed by atoms with E-state index >= 15 is 0 Å². The third-order valence-corrected chi connectivity index (χ3v) is 8.84. The van der Waals surface area contributed by atoms with Gasteiger partial charge in [0.05, 0.1) is 29.8 Å². The lowest BCUT2D eigenvalue weighted by Gasteiger charge is -2.35. The van der Waals surface area contributed by atoms with Gasteiger partial charge in [-0.2, -0.15) is 0 Å². The molecule has 2 aliphatic heterocycles. The zero-order valence-electron chi connectivity index (χ0n) is 25.4. The minimum absolute atomic E-state index is 0. The second-order valence-corrected chi connectivity index (χ2v) is 12.3. The first-order valence-electron chi connectivity index (χ1n) is 15.0. The Hall–Kier alpha value is -3.15. The van der Waals surface area contributed by atoms with E-state index in [1.54, 1.807) is 29.8 Å². The number of aromatic nitrogens is 3. The summed E-state index contributed by atoms with van der Waals surface area (Å²) in [5.41, 5.74) is 9.19. The molecule has 3 atom stereocenters. The summed E-state index contributed by atoms with van der Waals surface area (Å²) in [6.07, 6.45) is 2.18.